The zero-order valence-corrected chi connectivity index (χ0v) is 10.5. The normalized spacial score (nSPS) is 20.5. The maximum atomic E-state index is 11.6. The maximum absolute atomic E-state index is 11.6. The third kappa shape index (κ3) is 3.38. The molecule has 0 aromatic carbocycles. The first-order valence-corrected chi connectivity index (χ1v) is 6.94. The molecule has 0 aromatic heterocycles. The van der Waals surface area contributed by atoms with E-state index in [1.807, 2.05) is 18.7 Å². The standard InChI is InChI=1S/C11H22N2OS/c1-3-5-9(12)10(14)13-8-11(15-2)6-4-7-11/h9H,3-8,12H2,1-2H3,(H,13,14)/t9-/m0/s1. The van der Waals surface area contributed by atoms with Gasteiger partial charge in [0, 0.05) is 11.3 Å². The van der Waals surface area contributed by atoms with E-state index in [2.05, 4.69) is 11.6 Å². The van der Waals surface area contributed by atoms with Crippen LogP contribution in [-0.2, 0) is 4.79 Å². The maximum Gasteiger partial charge on any atom is 0.236 e. The molecule has 1 amide bonds. The van der Waals surface area contributed by atoms with E-state index >= 15 is 0 Å². The number of carbonyl (C=O) groups is 1. The summed E-state index contributed by atoms with van der Waals surface area (Å²) >= 11 is 1.87. The van der Waals surface area contributed by atoms with E-state index in [0.29, 0.717) is 4.75 Å². The van der Waals surface area contributed by atoms with Gasteiger partial charge in [-0.25, -0.2) is 0 Å². The van der Waals surface area contributed by atoms with Crippen LogP contribution in [0.5, 0.6) is 0 Å². The highest BCUT2D eigenvalue weighted by molar-refractivity contribution is 8.00. The highest BCUT2D eigenvalue weighted by Crippen LogP contribution is 2.42. The van der Waals surface area contributed by atoms with Crippen LogP contribution in [0.15, 0.2) is 0 Å². The molecule has 1 fully saturated rings. The minimum absolute atomic E-state index is 0.0113. The summed E-state index contributed by atoms with van der Waals surface area (Å²) in [6.45, 7) is 2.83. The first-order valence-electron chi connectivity index (χ1n) is 5.72. The lowest BCUT2D eigenvalue weighted by Gasteiger charge is -2.40. The molecule has 0 aromatic rings. The molecule has 1 aliphatic rings. The Labute approximate surface area is 96.6 Å². The summed E-state index contributed by atoms with van der Waals surface area (Å²) in [5.74, 6) is 0.0113. The first-order chi connectivity index (χ1) is 7.13. The molecule has 0 radical (unpaired) electrons. The number of rotatable bonds is 6. The molecule has 1 atom stereocenters. The van der Waals surface area contributed by atoms with Crippen molar-refractivity contribution in [1.29, 1.82) is 0 Å². The van der Waals surface area contributed by atoms with Crippen molar-refractivity contribution in [3.63, 3.8) is 0 Å². The number of hydrogen-bond donors (Lipinski definition) is 2. The average Bonchev–Trinajstić information content (AvgIpc) is 2.17. The van der Waals surface area contributed by atoms with Gasteiger partial charge in [0.1, 0.15) is 0 Å². The van der Waals surface area contributed by atoms with Crippen LogP contribution in [0.1, 0.15) is 39.0 Å². The number of amides is 1. The monoisotopic (exact) mass is 230 g/mol. The molecule has 4 heteroatoms. The van der Waals surface area contributed by atoms with E-state index in [4.69, 9.17) is 5.73 Å². The predicted octanol–water partition coefficient (Wildman–Crippen LogP) is 1.52. The Balaban J connectivity index is 2.26. The first kappa shape index (κ1) is 12.8. The van der Waals surface area contributed by atoms with Crippen LogP contribution >= 0.6 is 11.8 Å². The Morgan fingerprint density at radius 2 is 2.27 bits per heavy atom. The van der Waals surface area contributed by atoms with Gasteiger partial charge >= 0.3 is 0 Å². The number of nitrogens with two attached hydrogens (primary N) is 1. The minimum atomic E-state index is -0.325. The van der Waals surface area contributed by atoms with Crippen molar-refractivity contribution >= 4 is 17.7 Å². The smallest absolute Gasteiger partial charge is 0.236 e. The Bertz CT molecular complexity index is 211. The van der Waals surface area contributed by atoms with Crippen molar-refractivity contribution in [3.05, 3.63) is 0 Å². The van der Waals surface area contributed by atoms with E-state index in [-0.39, 0.29) is 11.9 Å². The van der Waals surface area contributed by atoms with Crippen molar-refractivity contribution in [2.75, 3.05) is 12.8 Å². The van der Waals surface area contributed by atoms with Gasteiger partial charge in [0.05, 0.1) is 6.04 Å². The van der Waals surface area contributed by atoms with Crippen molar-refractivity contribution in [2.24, 2.45) is 5.73 Å². The van der Waals surface area contributed by atoms with E-state index in [1.54, 1.807) is 0 Å². The van der Waals surface area contributed by atoms with Crippen molar-refractivity contribution in [2.45, 2.75) is 49.8 Å². The Morgan fingerprint density at radius 3 is 2.67 bits per heavy atom. The Kier molecular flexibility index (Phi) is 4.93. The van der Waals surface area contributed by atoms with Crippen molar-refractivity contribution < 1.29 is 4.79 Å². The van der Waals surface area contributed by atoms with Gasteiger partial charge in [-0.1, -0.05) is 19.8 Å². The summed E-state index contributed by atoms with van der Waals surface area (Å²) in [6, 6.07) is -0.325. The number of hydrogen-bond acceptors (Lipinski definition) is 3. The third-order valence-electron chi connectivity index (χ3n) is 3.22. The van der Waals surface area contributed by atoms with E-state index in [1.165, 1.54) is 19.3 Å². The molecule has 3 nitrogen and oxygen atoms in total. The third-order valence-corrected chi connectivity index (χ3v) is 4.64. The quantitative estimate of drug-likeness (QED) is 0.727. The molecule has 1 aliphatic carbocycles. The molecule has 0 heterocycles. The molecule has 0 unspecified atom stereocenters. The lowest BCUT2D eigenvalue weighted by Crippen LogP contribution is -2.49. The topological polar surface area (TPSA) is 55.1 Å². The molecule has 0 aliphatic heterocycles. The molecule has 0 bridgehead atoms. The van der Waals surface area contributed by atoms with E-state index < -0.39 is 0 Å². The molecule has 1 saturated carbocycles. The van der Waals surface area contributed by atoms with Gasteiger partial charge in [-0.2, -0.15) is 11.8 Å². The minimum Gasteiger partial charge on any atom is -0.353 e. The molecule has 15 heavy (non-hydrogen) atoms. The van der Waals surface area contributed by atoms with Gasteiger partial charge in [-0.3, -0.25) is 4.79 Å². The molecule has 3 N–H and O–H groups in total. The van der Waals surface area contributed by atoms with Gasteiger partial charge in [-0.15, -0.1) is 0 Å². The SMILES string of the molecule is CCC[C@H](N)C(=O)NCC1(SC)CCC1. The van der Waals surface area contributed by atoms with Crippen LogP contribution in [-0.4, -0.2) is 29.5 Å². The second kappa shape index (κ2) is 5.75. The zero-order chi connectivity index (χ0) is 11.3. The van der Waals surface area contributed by atoms with Crippen LogP contribution in [0, 0.1) is 0 Å². The van der Waals surface area contributed by atoms with Crippen LogP contribution in [0.4, 0.5) is 0 Å². The van der Waals surface area contributed by atoms with Gasteiger partial charge in [-0.05, 0) is 25.5 Å². The predicted molar refractivity (Wildman–Crippen MR) is 66.0 cm³/mol. The lowest BCUT2D eigenvalue weighted by molar-refractivity contribution is -0.122. The van der Waals surface area contributed by atoms with Crippen LogP contribution in [0.2, 0.25) is 0 Å². The summed E-state index contributed by atoms with van der Waals surface area (Å²) in [6.07, 6.45) is 7.59. The number of carbonyl (C=O) groups excluding carboxylic acids is 1. The van der Waals surface area contributed by atoms with E-state index in [0.717, 1.165) is 19.4 Å². The second-order valence-corrected chi connectivity index (χ2v) is 5.63. The summed E-state index contributed by atoms with van der Waals surface area (Å²) in [5.41, 5.74) is 5.74. The fraction of sp³-hybridized carbons (Fsp3) is 0.909. The zero-order valence-electron chi connectivity index (χ0n) is 9.71. The molecular formula is C11H22N2OS. The van der Waals surface area contributed by atoms with E-state index in [9.17, 15) is 4.79 Å². The summed E-state index contributed by atoms with van der Waals surface area (Å²) in [5, 5.41) is 2.98. The molecular weight excluding hydrogens is 208 g/mol. The second-order valence-electron chi connectivity index (χ2n) is 4.35. The molecule has 0 spiro atoms. The van der Waals surface area contributed by atoms with Gasteiger partial charge in [0.2, 0.25) is 5.91 Å². The number of nitrogens with one attached hydrogen (secondary N) is 1. The molecule has 0 saturated heterocycles. The highest BCUT2D eigenvalue weighted by Gasteiger charge is 2.36. The van der Waals surface area contributed by atoms with Crippen molar-refractivity contribution in [1.82, 2.24) is 5.32 Å². The lowest BCUT2D eigenvalue weighted by atomic mass is 9.84. The van der Waals surface area contributed by atoms with Gasteiger partial charge < -0.3 is 11.1 Å². The highest BCUT2D eigenvalue weighted by atomic mass is 32.2. The Hall–Kier alpha value is -0.220. The van der Waals surface area contributed by atoms with Crippen LogP contribution < -0.4 is 11.1 Å². The van der Waals surface area contributed by atoms with Gasteiger partial charge in [0.15, 0.2) is 0 Å². The largest absolute Gasteiger partial charge is 0.353 e. The van der Waals surface area contributed by atoms with Crippen molar-refractivity contribution in [3.8, 4) is 0 Å². The fourth-order valence-electron chi connectivity index (χ4n) is 1.85. The van der Waals surface area contributed by atoms with Crippen LogP contribution in [0.25, 0.3) is 0 Å². The molecule has 1 rings (SSSR count). The van der Waals surface area contributed by atoms with Crippen LogP contribution in [0.3, 0.4) is 0 Å². The van der Waals surface area contributed by atoms with Gasteiger partial charge in [0.25, 0.3) is 0 Å². The molecule has 88 valence electrons. The summed E-state index contributed by atoms with van der Waals surface area (Å²) in [4.78, 5) is 11.6. The summed E-state index contributed by atoms with van der Waals surface area (Å²) < 4.78 is 0.307. The number of thioether (sulfide) groups is 1. The fourth-order valence-corrected chi connectivity index (χ4v) is 2.76. The average molecular weight is 230 g/mol. The summed E-state index contributed by atoms with van der Waals surface area (Å²) in [7, 11) is 0. The Morgan fingerprint density at radius 1 is 1.60 bits per heavy atom.